The summed E-state index contributed by atoms with van der Waals surface area (Å²) in [6, 6.07) is 0.915. The highest BCUT2D eigenvalue weighted by molar-refractivity contribution is 7.91. The van der Waals surface area contributed by atoms with Crippen LogP contribution in [-0.2, 0) is 29.1 Å². The molecule has 2 aromatic rings. The van der Waals surface area contributed by atoms with Crippen LogP contribution in [0, 0.1) is 12.8 Å². The molecule has 15 nitrogen and oxygen atoms in total. The van der Waals surface area contributed by atoms with Gasteiger partial charge in [0.2, 0.25) is 27.7 Å². The number of sulfonamides is 1. The summed E-state index contributed by atoms with van der Waals surface area (Å²) in [7, 11) is -2.60. The van der Waals surface area contributed by atoms with Crippen molar-refractivity contribution in [3.8, 4) is 11.6 Å². The number of aromatic nitrogens is 2. The topological polar surface area (TPSA) is 195 Å². The van der Waals surface area contributed by atoms with Gasteiger partial charge >= 0.3 is 6.09 Å². The van der Waals surface area contributed by atoms with Crippen LogP contribution in [0.2, 0.25) is 0 Å². The number of aryl methyl sites for hydroxylation is 1. The fraction of sp³-hybridized carbons (Fsp3) is 0.650. The molecule has 5 heterocycles. The fourth-order valence-electron chi connectivity index (χ4n) is 8.51. The molecule has 17 heteroatoms. The Morgan fingerprint density at radius 1 is 1.07 bits per heavy atom. The number of carbonyl (C=O) groups is 4. The molecule has 2 saturated carbocycles. The highest BCUT2D eigenvalue weighted by Crippen LogP contribution is 2.51. The van der Waals surface area contributed by atoms with E-state index < -0.39 is 79.5 Å². The number of ether oxygens (including phenoxy) is 3. The van der Waals surface area contributed by atoms with Gasteiger partial charge in [-0.05, 0) is 85.6 Å². The van der Waals surface area contributed by atoms with Crippen LogP contribution in [0.3, 0.4) is 0 Å². The number of amides is 4. The SMILES string of the molecule is COc1ccc2nc(C)c3c(c2n1)[C@H](F)C[C@]1(C[C@H]2C(=O)N[C@]4(C(=O)NS(=O)(=O)C5(C)CC5)CC[C@H]4/C=C\CCCCC[C@H](NC(=O)OC(C)(C)C)C(=O)N2C1)O3. The molecule has 7 rings (SSSR count). The average molecular weight is 813 g/mol. The molecule has 3 fully saturated rings. The first-order valence-electron chi connectivity index (χ1n) is 19.8. The van der Waals surface area contributed by atoms with Gasteiger partial charge < -0.3 is 29.7 Å². The predicted octanol–water partition coefficient (Wildman–Crippen LogP) is 4.76. The second kappa shape index (κ2) is 14.7. The van der Waals surface area contributed by atoms with Crippen LogP contribution < -0.4 is 24.8 Å². The molecule has 3 aliphatic heterocycles. The van der Waals surface area contributed by atoms with Crippen molar-refractivity contribution in [3.63, 3.8) is 0 Å². The zero-order chi connectivity index (χ0) is 41.1. The summed E-state index contributed by atoms with van der Waals surface area (Å²) in [6.07, 6.45) is 5.34. The summed E-state index contributed by atoms with van der Waals surface area (Å²) in [6.45, 7) is 8.14. The molecule has 310 valence electrons. The third kappa shape index (κ3) is 7.75. The second-order valence-corrected chi connectivity index (χ2v) is 19.8. The first kappa shape index (κ1) is 40.6. The van der Waals surface area contributed by atoms with Gasteiger partial charge in [0.1, 0.15) is 46.3 Å². The lowest BCUT2D eigenvalue weighted by Gasteiger charge is -2.48. The molecule has 0 bridgehead atoms. The van der Waals surface area contributed by atoms with Gasteiger partial charge in [-0.25, -0.2) is 27.6 Å². The number of halogens is 1. The molecule has 3 N–H and O–H groups in total. The summed E-state index contributed by atoms with van der Waals surface area (Å²) in [5.41, 5.74) is -2.61. The highest BCUT2D eigenvalue weighted by Gasteiger charge is 2.60. The molecule has 0 unspecified atom stereocenters. The van der Waals surface area contributed by atoms with Crippen molar-refractivity contribution < 1.29 is 46.2 Å². The third-order valence-electron chi connectivity index (χ3n) is 12.1. The van der Waals surface area contributed by atoms with Gasteiger partial charge in [-0.1, -0.05) is 25.0 Å². The first-order chi connectivity index (χ1) is 26.8. The van der Waals surface area contributed by atoms with Crippen LogP contribution >= 0.6 is 0 Å². The van der Waals surface area contributed by atoms with Gasteiger partial charge in [0.05, 0.1) is 35.2 Å². The first-order valence-corrected chi connectivity index (χ1v) is 21.3. The van der Waals surface area contributed by atoms with E-state index in [2.05, 4.69) is 25.3 Å². The Morgan fingerprint density at radius 3 is 2.49 bits per heavy atom. The average Bonchev–Trinajstić information content (AvgIpc) is 3.79. The predicted molar refractivity (Wildman–Crippen MR) is 206 cm³/mol. The Kier molecular flexibility index (Phi) is 10.5. The van der Waals surface area contributed by atoms with E-state index in [1.54, 1.807) is 46.8 Å². The maximum absolute atomic E-state index is 16.8. The number of allylic oxidation sites excluding steroid dienone is 1. The van der Waals surface area contributed by atoms with Gasteiger partial charge in [0.25, 0.3) is 5.91 Å². The minimum absolute atomic E-state index is 0.153. The Balaban J connectivity index is 1.27. The van der Waals surface area contributed by atoms with E-state index in [0.29, 0.717) is 49.7 Å². The standard InChI is InChI=1S/C40H53FN6O9S/c1-23-32-30(31-26(42-23)14-15-29(44-31)54-6)25(41)20-39(55-32)21-28-33(48)45-40(35(50)46-57(52,53)38(5)18-19-38)17-16-24(40)12-10-8-7-9-11-13-27(34(49)47(28)22-39)43-36(51)56-37(2,3)4/h10,12,14-15,24-25,27-28H,7-9,11,13,16-22H2,1-6H3,(H,43,51)(H,45,48)(H,46,50)/b12-10-/t24-,25-,27+,28+,39-,40-/m1/s1. The van der Waals surface area contributed by atoms with Crippen molar-refractivity contribution in [2.75, 3.05) is 13.7 Å². The molecule has 1 spiro atoms. The molecule has 5 aliphatic rings. The lowest BCUT2D eigenvalue weighted by Crippen LogP contribution is -2.70. The number of pyridine rings is 2. The molecule has 0 radical (unpaired) electrons. The lowest BCUT2D eigenvalue weighted by atomic mass is 9.65. The molecule has 0 aromatic carbocycles. The number of carbonyl (C=O) groups excluding carboxylic acids is 4. The normalized spacial score (nSPS) is 30.5. The minimum atomic E-state index is -4.06. The minimum Gasteiger partial charge on any atom is -0.483 e. The van der Waals surface area contributed by atoms with Crippen LogP contribution in [0.15, 0.2) is 24.3 Å². The van der Waals surface area contributed by atoms with Gasteiger partial charge in [0, 0.05) is 24.8 Å². The van der Waals surface area contributed by atoms with Crippen molar-refractivity contribution in [3.05, 3.63) is 35.5 Å². The van der Waals surface area contributed by atoms with Gasteiger partial charge in [-0.2, -0.15) is 0 Å². The molecule has 57 heavy (non-hydrogen) atoms. The highest BCUT2D eigenvalue weighted by atomic mass is 32.2. The van der Waals surface area contributed by atoms with Gasteiger partial charge in [0.15, 0.2) is 0 Å². The van der Waals surface area contributed by atoms with E-state index in [4.69, 9.17) is 14.2 Å². The van der Waals surface area contributed by atoms with E-state index in [-0.39, 0.29) is 54.9 Å². The number of hydrogen-bond acceptors (Lipinski definition) is 11. The summed E-state index contributed by atoms with van der Waals surface area (Å²) in [5, 5.41) is 5.64. The summed E-state index contributed by atoms with van der Waals surface area (Å²) in [5.74, 6) is -2.26. The number of nitrogens with zero attached hydrogens (tertiary/aromatic N) is 3. The maximum atomic E-state index is 16.8. The number of methoxy groups -OCH3 is 1. The van der Waals surface area contributed by atoms with E-state index >= 15 is 4.39 Å². The molecule has 2 aromatic heterocycles. The summed E-state index contributed by atoms with van der Waals surface area (Å²) >= 11 is 0. The Bertz CT molecular complexity index is 2120. The monoisotopic (exact) mass is 812 g/mol. The lowest BCUT2D eigenvalue weighted by molar-refractivity contribution is -0.144. The maximum Gasteiger partial charge on any atom is 0.408 e. The Morgan fingerprint density at radius 2 is 1.82 bits per heavy atom. The molecular formula is C40H53FN6O9S. The van der Waals surface area contributed by atoms with Crippen molar-refractivity contribution in [1.82, 2.24) is 30.2 Å². The molecule has 1 saturated heterocycles. The molecule has 6 atom stereocenters. The Hall–Kier alpha value is -4.54. The molecular weight excluding hydrogens is 760 g/mol. The number of rotatable bonds is 5. The van der Waals surface area contributed by atoms with Crippen LogP contribution in [0.5, 0.6) is 11.6 Å². The number of alkyl carbamates (subject to hydrolysis) is 1. The van der Waals surface area contributed by atoms with E-state index in [1.165, 1.54) is 12.0 Å². The van der Waals surface area contributed by atoms with Crippen molar-refractivity contribution >= 4 is 44.9 Å². The van der Waals surface area contributed by atoms with E-state index in [1.807, 2.05) is 12.2 Å². The molecule has 2 aliphatic carbocycles. The third-order valence-corrected chi connectivity index (χ3v) is 14.3. The quantitative estimate of drug-likeness (QED) is 0.353. The number of fused-ring (bicyclic) bond motifs is 5. The molecule has 4 amide bonds. The van der Waals surface area contributed by atoms with E-state index in [0.717, 1.165) is 6.42 Å². The largest absolute Gasteiger partial charge is 0.483 e. The van der Waals surface area contributed by atoms with Crippen LogP contribution in [-0.4, -0.2) is 94.3 Å². The second-order valence-electron chi connectivity index (χ2n) is 17.6. The van der Waals surface area contributed by atoms with Crippen LogP contribution in [0.25, 0.3) is 11.0 Å². The number of hydrogen-bond donors (Lipinski definition) is 3. The Labute approximate surface area is 332 Å². The smallest absolute Gasteiger partial charge is 0.408 e. The van der Waals surface area contributed by atoms with Gasteiger partial charge in [-0.3, -0.25) is 19.1 Å². The van der Waals surface area contributed by atoms with Gasteiger partial charge in [-0.15, -0.1) is 0 Å². The van der Waals surface area contributed by atoms with Crippen LogP contribution in [0.4, 0.5) is 9.18 Å². The number of nitrogens with one attached hydrogen (secondary N) is 3. The van der Waals surface area contributed by atoms with Crippen molar-refractivity contribution in [1.29, 1.82) is 0 Å². The van der Waals surface area contributed by atoms with Crippen molar-refractivity contribution in [2.24, 2.45) is 5.92 Å². The van der Waals surface area contributed by atoms with Crippen molar-refractivity contribution in [2.45, 2.75) is 145 Å². The zero-order valence-corrected chi connectivity index (χ0v) is 34.2. The fourth-order valence-corrected chi connectivity index (χ4v) is 9.82. The number of alkyl halides is 1. The summed E-state index contributed by atoms with van der Waals surface area (Å²) in [4.78, 5) is 67.2. The van der Waals surface area contributed by atoms with Crippen LogP contribution in [0.1, 0.15) is 116 Å². The van der Waals surface area contributed by atoms with E-state index in [9.17, 15) is 27.6 Å². The summed E-state index contributed by atoms with van der Waals surface area (Å²) < 4.78 is 62.1. The zero-order valence-electron chi connectivity index (χ0n) is 33.4.